The maximum absolute atomic E-state index is 12.7. The molecule has 0 aliphatic heterocycles. The van der Waals surface area contributed by atoms with Crippen molar-refractivity contribution in [2.24, 2.45) is 5.92 Å². The van der Waals surface area contributed by atoms with E-state index in [9.17, 15) is 13.2 Å². The average molecular weight is 389 g/mol. The molecule has 3 rings (SSSR count). The number of hydrogen-bond acceptors (Lipinski definition) is 0. The molecule has 0 nitrogen and oxygen atoms in total. The van der Waals surface area contributed by atoms with Crippen molar-refractivity contribution in [2.75, 3.05) is 0 Å². The molecule has 0 N–H and O–H groups in total. The monoisotopic (exact) mass is 388 g/mol. The SMILES string of the molecule is CCCCCCCCC1CCc2cc(-c3ccc(C(F)(F)F)cc3)ccc2C1. The van der Waals surface area contributed by atoms with E-state index in [1.807, 2.05) is 0 Å². The van der Waals surface area contributed by atoms with E-state index in [1.54, 1.807) is 12.1 Å². The van der Waals surface area contributed by atoms with Crippen LogP contribution in [-0.4, -0.2) is 0 Å². The second-order valence-corrected chi connectivity index (χ2v) is 8.22. The number of halogens is 3. The fraction of sp³-hybridized carbons (Fsp3) is 0.520. The Balaban J connectivity index is 1.56. The van der Waals surface area contributed by atoms with E-state index in [0.29, 0.717) is 0 Å². The number of rotatable bonds is 8. The first kappa shape index (κ1) is 21.0. The van der Waals surface area contributed by atoms with Crippen LogP contribution in [0.25, 0.3) is 11.1 Å². The Morgan fingerprint density at radius 3 is 2.21 bits per heavy atom. The van der Waals surface area contributed by atoms with Crippen molar-refractivity contribution in [1.82, 2.24) is 0 Å². The Bertz CT molecular complexity index is 743. The molecule has 1 aliphatic rings. The van der Waals surface area contributed by atoms with Gasteiger partial charge in [0.2, 0.25) is 0 Å². The summed E-state index contributed by atoms with van der Waals surface area (Å²) >= 11 is 0. The van der Waals surface area contributed by atoms with Crippen molar-refractivity contribution in [1.29, 1.82) is 0 Å². The molecule has 0 radical (unpaired) electrons. The molecule has 152 valence electrons. The maximum Gasteiger partial charge on any atom is 0.416 e. The van der Waals surface area contributed by atoms with Crippen LogP contribution < -0.4 is 0 Å². The molecular formula is C25H31F3. The minimum atomic E-state index is -4.28. The lowest BCUT2D eigenvalue weighted by Gasteiger charge is -2.25. The van der Waals surface area contributed by atoms with E-state index in [0.717, 1.165) is 29.9 Å². The summed E-state index contributed by atoms with van der Waals surface area (Å²) in [5, 5.41) is 0. The van der Waals surface area contributed by atoms with Crippen molar-refractivity contribution in [2.45, 2.75) is 77.3 Å². The molecule has 1 aliphatic carbocycles. The molecule has 0 heterocycles. The third kappa shape index (κ3) is 5.62. The summed E-state index contributed by atoms with van der Waals surface area (Å²) in [6.07, 6.45) is 8.62. The van der Waals surface area contributed by atoms with E-state index < -0.39 is 11.7 Å². The molecule has 0 aromatic heterocycles. The second kappa shape index (κ2) is 9.62. The Hall–Kier alpha value is -1.77. The van der Waals surface area contributed by atoms with E-state index >= 15 is 0 Å². The van der Waals surface area contributed by atoms with Gasteiger partial charge in [0.25, 0.3) is 0 Å². The third-order valence-corrected chi connectivity index (χ3v) is 6.05. The molecule has 28 heavy (non-hydrogen) atoms. The second-order valence-electron chi connectivity index (χ2n) is 8.22. The van der Waals surface area contributed by atoms with Crippen LogP contribution in [0.4, 0.5) is 13.2 Å². The number of alkyl halides is 3. The molecule has 3 heteroatoms. The molecule has 2 aromatic carbocycles. The number of fused-ring (bicyclic) bond motifs is 1. The minimum absolute atomic E-state index is 0.591. The molecular weight excluding hydrogens is 357 g/mol. The Morgan fingerprint density at radius 2 is 1.50 bits per heavy atom. The van der Waals surface area contributed by atoms with Gasteiger partial charge in [-0.25, -0.2) is 0 Å². The van der Waals surface area contributed by atoms with Gasteiger partial charge < -0.3 is 0 Å². The first-order valence-electron chi connectivity index (χ1n) is 10.8. The van der Waals surface area contributed by atoms with Crippen LogP contribution >= 0.6 is 0 Å². The van der Waals surface area contributed by atoms with Crippen LogP contribution in [0.1, 0.15) is 75.0 Å². The highest BCUT2D eigenvalue weighted by atomic mass is 19.4. The summed E-state index contributed by atoms with van der Waals surface area (Å²) < 4.78 is 38.2. The molecule has 0 fully saturated rings. The molecule has 0 saturated heterocycles. The fourth-order valence-corrected chi connectivity index (χ4v) is 4.32. The third-order valence-electron chi connectivity index (χ3n) is 6.05. The van der Waals surface area contributed by atoms with Gasteiger partial charge in [-0.15, -0.1) is 0 Å². The molecule has 0 amide bonds. The summed E-state index contributed by atoms with van der Waals surface area (Å²) in [4.78, 5) is 0. The fourth-order valence-electron chi connectivity index (χ4n) is 4.32. The average Bonchev–Trinajstić information content (AvgIpc) is 2.69. The van der Waals surface area contributed by atoms with Crippen molar-refractivity contribution in [3.8, 4) is 11.1 Å². The van der Waals surface area contributed by atoms with Crippen LogP contribution in [0.5, 0.6) is 0 Å². The number of aryl methyl sites for hydroxylation is 1. The first-order chi connectivity index (χ1) is 13.5. The topological polar surface area (TPSA) is 0 Å². The zero-order valence-corrected chi connectivity index (χ0v) is 16.8. The van der Waals surface area contributed by atoms with Gasteiger partial charge in [-0.05, 0) is 59.6 Å². The molecule has 0 spiro atoms. The minimum Gasteiger partial charge on any atom is -0.166 e. The lowest BCUT2D eigenvalue weighted by Crippen LogP contribution is -2.14. The van der Waals surface area contributed by atoms with Gasteiger partial charge in [0.1, 0.15) is 0 Å². The number of hydrogen-bond donors (Lipinski definition) is 0. The predicted octanol–water partition coefficient (Wildman–Crippen LogP) is 8.23. The van der Waals surface area contributed by atoms with Gasteiger partial charge in [0.05, 0.1) is 5.56 Å². The van der Waals surface area contributed by atoms with Crippen LogP contribution in [0, 0.1) is 5.92 Å². The lowest BCUT2D eigenvalue weighted by molar-refractivity contribution is -0.137. The largest absolute Gasteiger partial charge is 0.416 e. The van der Waals surface area contributed by atoms with E-state index in [4.69, 9.17) is 0 Å². The normalized spacial score (nSPS) is 16.8. The molecule has 2 aromatic rings. The van der Waals surface area contributed by atoms with Crippen molar-refractivity contribution in [3.05, 3.63) is 59.2 Å². The van der Waals surface area contributed by atoms with Crippen LogP contribution in [0.3, 0.4) is 0 Å². The van der Waals surface area contributed by atoms with Gasteiger partial charge >= 0.3 is 6.18 Å². The van der Waals surface area contributed by atoms with E-state index in [-0.39, 0.29) is 0 Å². The summed E-state index contributed by atoms with van der Waals surface area (Å²) in [5.74, 6) is 0.788. The first-order valence-corrected chi connectivity index (χ1v) is 10.8. The number of benzene rings is 2. The Kier molecular flexibility index (Phi) is 7.20. The van der Waals surface area contributed by atoms with Gasteiger partial charge in [-0.1, -0.05) is 82.2 Å². The molecule has 0 saturated carbocycles. The standard InChI is InChI=1S/C25H31F3/c1-2-3-4-5-6-7-8-19-9-10-23-18-22(12-11-21(23)17-19)20-13-15-24(16-14-20)25(26,27)28/h11-16,18-19H,2-10,17H2,1H3. The molecule has 0 bridgehead atoms. The van der Waals surface area contributed by atoms with Crippen molar-refractivity contribution >= 4 is 0 Å². The maximum atomic E-state index is 12.7. The highest BCUT2D eigenvalue weighted by Crippen LogP contribution is 2.34. The highest BCUT2D eigenvalue weighted by molar-refractivity contribution is 5.65. The van der Waals surface area contributed by atoms with Gasteiger partial charge in [-0.2, -0.15) is 13.2 Å². The van der Waals surface area contributed by atoms with Gasteiger partial charge in [-0.3, -0.25) is 0 Å². The van der Waals surface area contributed by atoms with Crippen LogP contribution in [0.15, 0.2) is 42.5 Å². The quantitative estimate of drug-likeness (QED) is 0.400. The predicted molar refractivity (Wildman–Crippen MR) is 110 cm³/mol. The summed E-state index contributed by atoms with van der Waals surface area (Å²) in [6, 6.07) is 11.9. The Labute approximate surface area is 167 Å². The van der Waals surface area contributed by atoms with Crippen LogP contribution in [-0.2, 0) is 19.0 Å². The zero-order valence-electron chi connectivity index (χ0n) is 16.8. The number of unbranched alkanes of at least 4 members (excludes halogenated alkanes) is 5. The van der Waals surface area contributed by atoms with Crippen LogP contribution in [0.2, 0.25) is 0 Å². The summed E-state index contributed by atoms with van der Waals surface area (Å²) in [6.45, 7) is 2.25. The molecule has 1 unspecified atom stereocenters. The summed E-state index contributed by atoms with van der Waals surface area (Å²) in [7, 11) is 0. The van der Waals surface area contributed by atoms with E-state index in [2.05, 4.69) is 25.1 Å². The summed E-state index contributed by atoms with van der Waals surface area (Å²) in [5.41, 5.74) is 4.08. The lowest BCUT2D eigenvalue weighted by atomic mass is 9.80. The Morgan fingerprint density at radius 1 is 0.821 bits per heavy atom. The van der Waals surface area contributed by atoms with Crippen molar-refractivity contribution in [3.63, 3.8) is 0 Å². The van der Waals surface area contributed by atoms with Gasteiger partial charge in [0, 0.05) is 0 Å². The van der Waals surface area contributed by atoms with Crippen molar-refractivity contribution < 1.29 is 13.2 Å². The zero-order chi connectivity index (χ0) is 20.0. The van der Waals surface area contributed by atoms with E-state index in [1.165, 1.54) is 74.6 Å². The molecule has 1 atom stereocenters. The highest BCUT2D eigenvalue weighted by Gasteiger charge is 2.30. The van der Waals surface area contributed by atoms with Gasteiger partial charge in [0.15, 0.2) is 0 Å². The smallest absolute Gasteiger partial charge is 0.166 e.